The van der Waals surface area contributed by atoms with Crippen molar-refractivity contribution in [2.75, 3.05) is 45.1 Å². The number of aliphatic carboxylic acids is 3. The molecule has 706 valence electrons. The number of benzene rings is 1. The van der Waals surface area contributed by atoms with E-state index in [2.05, 4.69) is 103 Å². The number of carbonyl (C=O) groups excluding carboxylic acids is 16. The number of aliphatic hydroxyl groups is 2. The number of carbonyl (C=O) groups is 19. The van der Waals surface area contributed by atoms with Crippen LogP contribution in [0.4, 0.5) is 0 Å². The van der Waals surface area contributed by atoms with Crippen LogP contribution >= 0.6 is 12.6 Å². The molecule has 0 radical (unpaired) electrons. The Bertz CT molecular complexity index is 3920. The molecule has 126 heavy (non-hydrogen) atoms. The van der Waals surface area contributed by atoms with Crippen LogP contribution in [0.15, 0.2) is 35.3 Å². The number of carboxylic acid groups (broad SMARTS) is 3. The highest BCUT2D eigenvalue weighted by Crippen LogP contribution is 2.22. The number of hydrogen-bond acceptors (Lipinski definition) is 24. The summed E-state index contributed by atoms with van der Waals surface area (Å²) in [6.07, 6.45) is -2.08. The Morgan fingerprint density at radius 3 is 1.46 bits per heavy atom. The summed E-state index contributed by atoms with van der Waals surface area (Å²) < 4.78 is 0. The Labute approximate surface area is 737 Å². The lowest BCUT2D eigenvalue weighted by atomic mass is 9.96. The standard InChI is InChI=1S/C81H132N20O24S/c1-13-44(10)64(78(122)95-55(35-63(108)109)73(117)96-56(33-43(8)9)79(123)101-29-19-24-59(101)80(124)125)99-69(113)50(25-26-62(106)107)89-60(104)37-87-77(121)65(46(12)103)100-74(118)53(32-42(6)7)92-66(110)45(11)88-70(114)51(30-40(2)3)93-71(115)52(31-41(4)5)94-76(120)58(39-126)98-75(119)57(38-102)97-72(116)54(34-47-20-15-14-16-21-47)90-61(105)36-86-67(111)49(23-18-28-85-81(82)83)91-68(112)48-22-17-27-84-48/h14-16,20-21,40-46,48-59,64-65,84,102-103,126H,13,17-19,22-39H2,1-12H3,(H,86,111)(H,87,121)(H,88,114)(H,89,104)(H,90,105)(H,91,112)(H,92,110)(H,93,115)(H,94,120)(H,95,122)(H,96,117)(H,97,116)(H,98,119)(H,99,113)(H,100,118)(H,106,107)(H,108,109)(H,124,125)(H4,82,83,85)/t44-,45-,46+,48-,49-,50-,51-,52-,53-,54-,55-,56-,57-,58-,59-,64-,65-/m0/s1. The van der Waals surface area contributed by atoms with E-state index >= 15 is 0 Å². The smallest absolute Gasteiger partial charge is 0.326 e. The van der Waals surface area contributed by atoms with E-state index < -0.39 is 260 Å². The highest BCUT2D eigenvalue weighted by Gasteiger charge is 2.42. The van der Waals surface area contributed by atoms with Crippen LogP contribution in [-0.4, -0.2) is 291 Å². The minimum atomic E-state index is -1.87. The first-order valence-electron chi connectivity index (χ1n) is 42.4. The summed E-state index contributed by atoms with van der Waals surface area (Å²) in [7, 11) is 0. The van der Waals surface area contributed by atoms with Gasteiger partial charge in [0.05, 0.1) is 38.3 Å². The topological polar surface area (TPSA) is 686 Å². The number of hydrogen-bond donors (Lipinski definition) is 24. The summed E-state index contributed by atoms with van der Waals surface area (Å²) in [6, 6.07) is -13.3. The molecule has 0 spiro atoms. The molecule has 1 aromatic rings. The summed E-state index contributed by atoms with van der Waals surface area (Å²) >= 11 is 4.27. The van der Waals surface area contributed by atoms with Gasteiger partial charge in [-0.3, -0.25) is 91.3 Å². The van der Waals surface area contributed by atoms with Crippen molar-refractivity contribution in [1.82, 2.24) is 90.0 Å². The van der Waals surface area contributed by atoms with Crippen LogP contribution in [0.25, 0.3) is 0 Å². The van der Waals surface area contributed by atoms with Crippen LogP contribution in [0.3, 0.4) is 0 Å². The van der Waals surface area contributed by atoms with Gasteiger partial charge in [-0.1, -0.05) is 106 Å². The Morgan fingerprint density at radius 2 is 0.952 bits per heavy atom. The zero-order valence-electron chi connectivity index (χ0n) is 73.6. The predicted molar refractivity (Wildman–Crippen MR) is 459 cm³/mol. The van der Waals surface area contributed by atoms with Gasteiger partial charge in [-0.25, -0.2) is 4.79 Å². The number of thiol groups is 1. The Hall–Kier alpha value is -11.3. The molecule has 25 N–H and O–H groups in total. The van der Waals surface area contributed by atoms with Crippen LogP contribution in [0.1, 0.15) is 179 Å². The number of nitrogens with zero attached hydrogens (tertiary/aromatic N) is 2. The molecule has 0 bridgehead atoms. The maximum absolute atomic E-state index is 14.3. The lowest BCUT2D eigenvalue weighted by molar-refractivity contribution is -0.150. The molecule has 17 atom stereocenters. The van der Waals surface area contributed by atoms with Gasteiger partial charge < -0.3 is 127 Å². The summed E-state index contributed by atoms with van der Waals surface area (Å²) in [5.74, 6) is -22.0. The first-order valence-corrected chi connectivity index (χ1v) is 43.0. The Balaban J connectivity index is 1.74. The molecule has 1 aromatic carbocycles. The zero-order valence-corrected chi connectivity index (χ0v) is 74.5. The number of rotatable bonds is 56. The normalized spacial score (nSPS) is 17.2. The maximum Gasteiger partial charge on any atom is 0.326 e. The van der Waals surface area contributed by atoms with E-state index in [-0.39, 0.29) is 101 Å². The van der Waals surface area contributed by atoms with Crippen molar-refractivity contribution in [3.05, 3.63) is 35.9 Å². The Morgan fingerprint density at radius 1 is 0.492 bits per heavy atom. The first-order chi connectivity index (χ1) is 59.2. The molecule has 44 nitrogen and oxygen atoms in total. The van der Waals surface area contributed by atoms with Gasteiger partial charge in [0.2, 0.25) is 94.5 Å². The fourth-order valence-corrected chi connectivity index (χ4v) is 13.8. The molecule has 3 rings (SSSR count). The van der Waals surface area contributed by atoms with Crippen molar-refractivity contribution in [3.63, 3.8) is 0 Å². The minimum Gasteiger partial charge on any atom is -0.481 e. The predicted octanol–water partition coefficient (Wildman–Crippen LogP) is -5.46. The van der Waals surface area contributed by atoms with Crippen molar-refractivity contribution in [2.24, 2.45) is 46.0 Å². The third-order valence-electron chi connectivity index (χ3n) is 20.4. The average Bonchev–Trinajstić information content (AvgIpc) is 1.63. The van der Waals surface area contributed by atoms with Gasteiger partial charge in [-0.2, -0.15) is 12.6 Å². The molecule has 0 aliphatic carbocycles. The van der Waals surface area contributed by atoms with Crippen LogP contribution < -0.4 is 96.5 Å². The lowest BCUT2D eigenvalue weighted by Gasteiger charge is -2.30. The van der Waals surface area contributed by atoms with E-state index in [4.69, 9.17) is 11.5 Å². The molecule has 2 aliphatic heterocycles. The maximum atomic E-state index is 14.3. The second-order valence-corrected chi connectivity index (χ2v) is 33.6. The fraction of sp³-hybridized carbons (Fsp3) is 0.679. The zero-order chi connectivity index (χ0) is 94.9. The number of aliphatic imine (C=N–C) groups is 1. The highest BCUT2D eigenvalue weighted by atomic mass is 32.1. The molecule has 2 saturated heterocycles. The van der Waals surface area contributed by atoms with E-state index in [0.717, 1.165) is 18.2 Å². The molecule has 45 heteroatoms. The van der Waals surface area contributed by atoms with Crippen molar-refractivity contribution in [2.45, 2.75) is 276 Å². The van der Waals surface area contributed by atoms with E-state index in [0.29, 0.717) is 24.9 Å². The van der Waals surface area contributed by atoms with Crippen molar-refractivity contribution in [3.8, 4) is 0 Å². The van der Waals surface area contributed by atoms with Crippen LogP contribution in [-0.2, 0) is 97.5 Å². The van der Waals surface area contributed by atoms with E-state index in [9.17, 15) is 117 Å². The average molecular weight is 1800 g/mol. The summed E-state index contributed by atoms with van der Waals surface area (Å²) in [5.41, 5.74) is 11.4. The number of guanidine groups is 1. The number of likely N-dealkylation sites (tertiary alicyclic amines) is 1. The fourth-order valence-electron chi connectivity index (χ4n) is 13.6. The second-order valence-electron chi connectivity index (χ2n) is 33.2. The second kappa shape index (κ2) is 55.2. The van der Waals surface area contributed by atoms with Gasteiger partial charge in [0, 0.05) is 31.7 Å². The van der Waals surface area contributed by atoms with Gasteiger partial charge in [0.1, 0.15) is 84.6 Å². The molecular weight excluding hydrogens is 1670 g/mol. The number of nitrogens with one attached hydrogen (secondary N) is 16. The van der Waals surface area contributed by atoms with Gasteiger partial charge in [0.25, 0.3) is 0 Å². The molecule has 2 fully saturated rings. The SMILES string of the molecule is CC[C@H](C)[C@H](NC(=O)[C@H](CCC(=O)O)NC(=O)CNC(=O)[C@@H](NC(=O)[C@H](CC(C)C)NC(=O)[C@H](C)NC(=O)[C@H](CC(C)C)NC(=O)[C@H](CC(C)C)NC(=O)[C@H](CS)NC(=O)[C@H](CO)NC(=O)[C@H](Cc1ccccc1)NC(=O)CNC(=O)[C@H](CCCN=C(N)N)NC(=O)[C@@H]1CCCN1)[C@@H](C)O)C(=O)N[C@@H](CC(=O)O)C(=O)N[C@@H](CC(C)C)C(=O)N1CCC[C@H]1C(=O)O. The third kappa shape index (κ3) is 39.0. The molecular formula is C81H132N20O24S. The third-order valence-corrected chi connectivity index (χ3v) is 20.8. The molecule has 16 amide bonds. The minimum absolute atomic E-state index is 0.00369. The summed E-state index contributed by atoms with van der Waals surface area (Å²) in [4.78, 5) is 263. The molecule has 0 saturated carbocycles. The van der Waals surface area contributed by atoms with E-state index in [1.807, 2.05) is 0 Å². The van der Waals surface area contributed by atoms with Crippen LogP contribution in [0, 0.1) is 29.6 Å². The van der Waals surface area contributed by atoms with Crippen molar-refractivity contribution >= 4 is 131 Å². The monoisotopic (exact) mass is 1800 g/mol. The van der Waals surface area contributed by atoms with Crippen molar-refractivity contribution in [1.29, 1.82) is 0 Å². The Kier molecular flexibility index (Phi) is 47.7. The molecule has 0 unspecified atom stereocenters. The van der Waals surface area contributed by atoms with Gasteiger partial charge >= 0.3 is 17.9 Å². The number of nitrogens with two attached hydrogens (primary N) is 2. The van der Waals surface area contributed by atoms with Crippen molar-refractivity contribution < 1.29 is 117 Å². The van der Waals surface area contributed by atoms with Gasteiger partial charge in [-0.05, 0) is 126 Å². The van der Waals surface area contributed by atoms with Crippen LogP contribution in [0.5, 0.6) is 0 Å². The summed E-state index contributed by atoms with van der Waals surface area (Å²) in [6.45, 7) is 17.4. The quantitative estimate of drug-likeness (QED) is 0.0125. The summed E-state index contributed by atoms with van der Waals surface area (Å²) in [5, 5.41) is 90.5. The van der Waals surface area contributed by atoms with E-state index in [1.165, 1.54) is 13.8 Å². The van der Waals surface area contributed by atoms with Gasteiger partial charge in [-0.15, -0.1) is 0 Å². The molecule has 2 heterocycles. The van der Waals surface area contributed by atoms with Gasteiger partial charge in [0.15, 0.2) is 5.96 Å². The first kappa shape index (κ1) is 109. The molecule has 2 aliphatic rings. The number of aliphatic hydroxyl groups excluding tert-OH is 2. The molecule has 0 aromatic heterocycles. The number of carboxylic acids is 3. The largest absolute Gasteiger partial charge is 0.481 e. The van der Waals surface area contributed by atoms with Crippen LogP contribution in [0.2, 0.25) is 0 Å². The van der Waals surface area contributed by atoms with E-state index in [1.54, 1.807) is 92.6 Å². The highest BCUT2D eigenvalue weighted by molar-refractivity contribution is 7.80. The lowest BCUT2D eigenvalue weighted by Crippen LogP contribution is -2.61. The number of amides is 16.